The molecule has 1 heterocycles. The predicted octanol–water partition coefficient (Wildman–Crippen LogP) is 4.30. The van der Waals surface area contributed by atoms with Crippen molar-refractivity contribution in [1.29, 1.82) is 0 Å². The van der Waals surface area contributed by atoms with Gasteiger partial charge in [0, 0.05) is 23.6 Å². The zero-order valence-corrected chi connectivity index (χ0v) is 17.3. The lowest BCUT2D eigenvalue weighted by Crippen LogP contribution is -2.43. The average molecular weight is 389 g/mol. The molecule has 1 saturated heterocycles. The van der Waals surface area contributed by atoms with Crippen molar-refractivity contribution in [2.24, 2.45) is 17.8 Å². The minimum atomic E-state index is 0.0635. The number of carbonyl (C=O) groups excluding carboxylic acids is 1. The Bertz CT molecular complexity index is 872. The van der Waals surface area contributed by atoms with Crippen LogP contribution in [0.25, 0.3) is 5.57 Å². The first-order valence-electron chi connectivity index (χ1n) is 11.7. The van der Waals surface area contributed by atoms with Crippen molar-refractivity contribution in [3.8, 4) is 0 Å². The number of hydrogen-bond acceptors (Lipinski definition) is 2. The van der Waals surface area contributed by atoms with E-state index >= 15 is 0 Å². The van der Waals surface area contributed by atoms with Gasteiger partial charge in [0.15, 0.2) is 0 Å². The van der Waals surface area contributed by atoms with Crippen LogP contribution in [0, 0.1) is 17.8 Å². The number of benzene rings is 1. The lowest BCUT2D eigenvalue weighted by Gasteiger charge is -2.40. The Labute approximate surface area is 174 Å². The number of carbonyl (C=O) groups is 1. The van der Waals surface area contributed by atoms with Crippen LogP contribution in [0.3, 0.4) is 0 Å². The molecule has 5 aliphatic rings. The van der Waals surface area contributed by atoms with E-state index in [0.717, 1.165) is 62.1 Å². The lowest BCUT2D eigenvalue weighted by atomic mass is 9.74. The smallest absolute Gasteiger partial charge is 0.251 e. The molecule has 4 aliphatic carbocycles. The summed E-state index contributed by atoms with van der Waals surface area (Å²) in [4.78, 5) is 15.7. The summed E-state index contributed by atoms with van der Waals surface area (Å²) in [5.74, 6) is 2.72. The van der Waals surface area contributed by atoms with E-state index in [-0.39, 0.29) is 11.3 Å². The first-order valence-corrected chi connectivity index (χ1v) is 11.7. The molecule has 1 spiro atoms. The summed E-state index contributed by atoms with van der Waals surface area (Å²) in [6.07, 6.45) is 15.9. The molecular formula is C26H32N2O. The Morgan fingerprint density at radius 3 is 2.62 bits per heavy atom. The highest BCUT2D eigenvalue weighted by atomic mass is 16.1. The SMILES string of the molecule is O=C(NC1CCC1)C1=CC2(CCN(CC3CC4C=CC3C4)CC2)c2ccccc21. The van der Waals surface area contributed by atoms with Gasteiger partial charge in [-0.05, 0) is 86.9 Å². The van der Waals surface area contributed by atoms with Gasteiger partial charge in [-0.25, -0.2) is 0 Å². The third-order valence-electron chi connectivity index (χ3n) is 8.52. The maximum Gasteiger partial charge on any atom is 0.251 e. The van der Waals surface area contributed by atoms with Crippen LogP contribution in [0.15, 0.2) is 42.5 Å². The fourth-order valence-electron chi connectivity index (χ4n) is 6.57. The van der Waals surface area contributed by atoms with E-state index in [0.29, 0.717) is 6.04 Å². The predicted molar refractivity (Wildman–Crippen MR) is 116 cm³/mol. The molecule has 6 rings (SSSR count). The number of piperidine rings is 1. The Morgan fingerprint density at radius 2 is 1.93 bits per heavy atom. The number of nitrogens with one attached hydrogen (secondary N) is 1. The molecule has 29 heavy (non-hydrogen) atoms. The number of rotatable bonds is 4. The molecule has 1 aromatic carbocycles. The van der Waals surface area contributed by atoms with E-state index in [2.05, 4.69) is 52.7 Å². The monoisotopic (exact) mass is 388 g/mol. The molecule has 2 saturated carbocycles. The number of amides is 1. The third-order valence-corrected chi connectivity index (χ3v) is 8.52. The van der Waals surface area contributed by atoms with Gasteiger partial charge in [-0.3, -0.25) is 4.79 Å². The van der Waals surface area contributed by atoms with Crippen LogP contribution in [0.1, 0.15) is 56.1 Å². The van der Waals surface area contributed by atoms with Crippen LogP contribution in [-0.4, -0.2) is 36.5 Å². The molecule has 3 unspecified atom stereocenters. The van der Waals surface area contributed by atoms with Gasteiger partial charge in [-0.2, -0.15) is 0 Å². The number of allylic oxidation sites excluding steroid dienone is 3. The molecule has 3 fully saturated rings. The molecule has 3 heteroatoms. The van der Waals surface area contributed by atoms with E-state index in [1.165, 1.54) is 36.9 Å². The molecule has 1 aliphatic heterocycles. The molecule has 1 amide bonds. The first-order chi connectivity index (χ1) is 14.2. The summed E-state index contributed by atoms with van der Waals surface area (Å²) < 4.78 is 0. The standard InChI is InChI=1S/C26H32N2O/c29-25(27-21-4-3-5-21)23-16-26(24-7-2-1-6-22(23)24)10-12-28(13-11-26)17-20-15-18-8-9-19(20)14-18/h1-2,6-9,16,18-21H,3-5,10-15,17H2,(H,27,29). The maximum absolute atomic E-state index is 13.0. The van der Waals surface area contributed by atoms with E-state index in [1.54, 1.807) is 0 Å². The highest BCUT2D eigenvalue weighted by Crippen LogP contribution is 2.48. The first kappa shape index (κ1) is 17.9. The van der Waals surface area contributed by atoms with Gasteiger partial charge in [0.2, 0.25) is 0 Å². The van der Waals surface area contributed by atoms with Crippen LogP contribution in [-0.2, 0) is 10.2 Å². The Kier molecular flexibility index (Phi) is 4.23. The second kappa shape index (κ2) is 6.84. The zero-order chi connectivity index (χ0) is 19.4. The summed E-state index contributed by atoms with van der Waals surface area (Å²) in [7, 11) is 0. The number of hydrogen-bond donors (Lipinski definition) is 1. The van der Waals surface area contributed by atoms with Crippen LogP contribution in [0.2, 0.25) is 0 Å². The highest BCUT2D eigenvalue weighted by Gasteiger charge is 2.43. The summed E-state index contributed by atoms with van der Waals surface area (Å²) >= 11 is 0. The molecule has 0 radical (unpaired) electrons. The zero-order valence-electron chi connectivity index (χ0n) is 17.3. The van der Waals surface area contributed by atoms with Crippen molar-refractivity contribution in [3.05, 3.63) is 53.6 Å². The van der Waals surface area contributed by atoms with Crippen molar-refractivity contribution >= 4 is 11.5 Å². The van der Waals surface area contributed by atoms with Crippen molar-refractivity contribution in [3.63, 3.8) is 0 Å². The normalized spacial score (nSPS) is 32.3. The van der Waals surface area contributed by atoms with Gasteiger partial charge in [-0.15, -0.1) is 0 Å². The molecule has 1 aromatic rings. The van der Waals surface area contributed by atoms with Gasteiger partial charge in [-0.1, -0.05) is 42.5 Å². The van der Waals surface area contributed by atoms with Crippen molar-refractivity contribution < 1.29 is 4.79 Å². The fraction of sp³-hybridized carbons (Fsp3) is 0.577. The van der Waals surface area contributed by atoms with Gasteiger partial charge in [0.05, 0.1) is 0 Å². The molecule has 0 aromatic heterocycles. The second-order valence-corrected chi connectivity index (χ2v) is 10.2. The third kappa shape index (κ3) is 3.01. The second-order valence-electron chi connectivity index (χ2n) is 10.2. The van der Waals surface area contributed by atoms with Gasteiger partial charge in [0.25, 0.3) is 5.91 Å². The maximum atomic E-state index is 13.0. The molecule has 2 bridgehead atoms. The van der Waals surface area contributed by atoms with Crippen LogP contribution in [0.5, 0.6) is 0 Å². The average Bonchev–Trinajstić information content (AvgIpc) is 3.41. The van der Waals surface area contributed by atoms with Crippen LogP contribution in [0.4, 0.5) is 0 Å². The minimum Gasteiger partial charge on any atom is -0.349 e. The van der Waals surface area contributed by atoms with E-state index in [4.69, 9.17) is 0 Å². The lowest BCUT2D eigenvalue weighted by molar-refractivity contribution is -0.116. The Hall–Kier alpha value is -1.87. The van der Waals surface area contributed by atoms with Gasteiger partial charge < -0.3 is 10.2 Å². The van der Waals surface area contributed by atoms with E-state index in [9.17, 15) is 4.79 Å². The Balaban J connectivity index is 1.18. The van der Waals surface area contributed by atoms with Crippen LogP contribution >= 0.6 is 0 Å². The largest absolute Gasteiger partial charge is 0.349 e. The summed E-state index contributed by atoms with van der Waals surface area (Å²) in [5.41, 5.74) is 3.56. The summed E-state index contributed by atoms with van der Waals surface area (Å²) in [6, 6.07) is 9.05. The summed E-state index contributed by atoms with van der Waals surface area (Å²) in [5, 5.41) is 3.27. The minimum absolute atomic E-state index is 0.0635. The number of likely N-dealkylation sites (tertiary alicyclic amines) is 1. The quantitative estimate of drug-likeness (QED) is 0.780. The molecule has 1 N–H and O–H groups in total. The molecule has 3 nitrogen and oxygen atoms in total. The molecule has 3 atom stereocenters. The topological polar surface area (TPSA) is 32.3 Å². The molecule has 152 valence electrons. The fourth-order valence-corrected chi connectivity index (χ4v) is 6.57. The van der Waals surface area contributed by atoms with Crippen molar-refractivity contribution in [2.75, 3.05) is 19.6 Å². The number of nitrogens with zero attached hydrogens (tertiary/aromatic N) is 1. The summed E-state index contributed by atoms with van der Waals surface area (Å²) in [6.45, 7) is 3.57. The molecular weight excluding hydrogens is 356 g/mol. The highest BCUT2D eigenvalue weighted by molar-refractivity contribution is 6.21. The van der Waals surface area contributed by atoms with Gasteiger partial charge >= 0.3 is 0 Å². The van der Waals surface area contributed by atoms with Crippen LogP contribution < -0.4 is 5.32 Å². The van der Waals surface area contributed by atoms with Crippen molar-refractivity contribution in [1.82, 2.24) is 10.2 Å². The van der Waals surface area contributed by atoms with Crippen molar-refractivity contribution in [2.45, 2.75) is 56.4 Å². The Morgan fingerprint density at radius 1 is 1.10 bits per heavy atom. The van der Waals surface area contributed by atoms with Gasteiger partial charge in [0.1, 0.15) is 0 Å². The number of fused-ring (bicyclic) bond motifs is 4. The van der Waals surface area contributed by atoms with E-state index < -0.39 is 0 Å². The van der Waals surface area contributed by atoms with E-state index in [1.807, 2.05) is 0 Å².